The highest BCUT2D eigenvalue weighted by molar-refractivity contribution is 6.02. The fourth-order valence-electron chi connectivity index (χ4n) is 5.86. The number of nitrogens with one attached hydrogen (secondary N) is 2. The number of halogens is 2. The maximum absolute atomic E-state index is 14.8. The number of hydroxylamine groups is 1. The SMILES string of the molecule is C=CC(=O)Nc1cc(Nc2cc(N3OCCC3c3cc(F)cc(Oc4cccc(F)c4)c3)ncn2)c(OC)cc1N1CCN(CC)CC1. The number of likely N-dealkylation sites (N-methyl/N-ethyl adjacent to an activating group) is 1. The molecule has 1 atom stereocenters. The van der Waals surface area contributed by atoms with Gasteiger partial charge in [-0.25, -0.2) is 23.8 Å². The molecule has 1 amide bonds. The van der Waals surface area contributed by atoms with E-state index in [-0.39, 0.29) is 23.4 Å². The van der Waals surface area contributed by atoms with Gasteiger partial charge in [0.1, 0.15) is 41.0 Å². The van der Waals surface area contributed by atoms with Crippen molar-refractivity contribution in [2.24, 2.45) is 0 Å². The van der Waals surface area contributed by atoms with Crippen molar-refractivity contribution < 1.29 is 27.9 Å². The van der Waals surface area contributed by atoms with E-state index in [0.717, 1.165) is 38.4 Å². The van der Waals surface area contributed by atoms with Gasteiger partial charge in [-0.2, -0.15) is 0 Å². The number of methoxy groups -OCH3 is 1. The molecule has 0 spiro atoms. The van der Waals surface area contributed by atoms with E-state index in [1.165, 1.54) is 42.7 Å². The second kappa shape index (κ2) is 14.7. The molecule has 1 aromatic heterocycles. The maximum atomic E-state index is 14.8. The summed E-state index contributed by atoms with van der Waals surface area (Å²) in [6.07, 6.45) is 3.19. The molecular weight excluding hydrogens is 620 g/mol. The van der Waals surface area contributed by atoms with Gasteiger partial charge in [0.2, 0.25) is 5.91 Å². The van der Waals surface area contributed by atoms with E-state index >= 15 is 0 Å². The van der Waals surface area contributed by atoms with Gasteiger partial charge in [-0.05, 0) is 48.5 Å². The standard InChI is InChI=1S/C35H37F2N7O4/c1-4-35(45)41-28-19-29(32(46-3)20-31(28)43-12-10-42(5-2)11-13-43)40-33-21-34(39-22-38-33)44-30(9-14-47-44)23-15-25(37)18-27(16-23)48-26-8-6-7-24(36)17-26/h4,6-8,15-22,30H,1,5,9-14H2,2-3H3,(H,41,45)(H,38,39,40). The van der Waals surface area contributed by atoms with E-state index < -0.39 is 11.6 Å². The number of benzene rings is 3. The predicted molar refractivity (Wildman–Crippen MR) is 180 cm³/mol. The second-order valence-corrected chi connectivity index (χ2v) is 11.3. The van der Waals surface area contributed by atoms with Gasteiger partial charge in [-0.1, -0.05) is 19.6 Å². The van der Waals surface area contributed by atoms with Crippen molar-refractivity contribution in [3.8, 4) is 17.2 Å². The number of carbonyl (C=O) groups excluding carboxylic acids is 1. The number of amides is 1. The molecule has 0 saturated carbocycles. The Morgan fingerprint density at radius 1 is 1.02 bits per heavy atom. The topological polar surface area (TPSA) is 104 Å². The summed E-state index contributed by atoms with van der Waals surface area (Å²) in [5.41, 5.74) is 2.62. The third kappa shape index (κ3) is 7.48. The van der Waals surface area contributed by atoms with Crippen molar-refractivity contribution >= 4 is 34.6 Å². The van der Waals surface area contributed by atoms with Crippen LogP contribution in [-0.4, -0.2) is 67.2 Å². The number of aromatic nitrogens is 2. The quantitative estimate of drug-likeness (QED) is 0.175. The molecule has 0 bridgehead atoms. The molecular formula is C35H37F2N7O4. The smallest absolute Gasteiger partial charge is 0.247 e. The van der Waals surface area contributed by atoms with Gasteiger partial charge >= 0.3 is 0 Å². The van der Waals surface area contributed by atoms with Crippen LogP contribution in [-0.2, 0) is 9.63 Å². The maximum Gasteiger partial charge on any atom is 0.247 e. The van der Waals surface area contributed by atoms with Crippen LogP contribution in [0.4, 0.5) is 37.5 Å². The number of carbonyl (C=O) groups is 1. The number of ether oxygens (including phenoxy) is 2. The lowest BCUT2D eigenvalue weighted by atomic mass is 10.0. The highest BCUT2D eigenvalue weighted by Gasteiger charge is 2.30. The molecule has 0 radical (unpaired) electrons. The van der Waals surface area contributed by atoms with Gasteiger partial charge in [-0.15, -0.1) is 0 Å². The van der Waals surface area contributed by atoms with Crippen LogP contribution in [0.1, 0.15) is 24.9 Å². The first-order valence-corrected chi connectivity index (χ1v) is 15.7. The molecule has 2 aliphatic heterocycles. The first kappa shape index (κ1) is 32.7. The Balaban J connectivity index is 1.25. The summed E-state index contributed by atoms with van der Waals surface area (Å²) >= 11 is 0. The fraction of sp³-hybridized carbons (Fsp3) is 0.286. The molecule has 250 valence electrons. The second-order valence-electron chi connectivity index (χ2n) is 11.3. The summed E-state index contributed by atoms with van der Waals surface area (Å²) in [5.74, 6) is 0.636. The molecule has 3 heterocycles. The Morgan fingerprint density at radius 3 is 2.58 bits per heavy atom. The normalized spacial score (nSPS) is 16.5. The minimum Gasteiger partial charge on any atom is -0.494 e. The monoisotopic (exact) mass is 657 g/mol. The van der Waals surface area contributed by atoms with Crippen LogP contribution in [0.2, 0.25) is 0 Å². The summed E-state index contributed by atoms with van der Waals surface area (Å²) in [4.78, 5) is 31.8. The zero-order valence-electron chi connectivity index (χ0n) is 26.8. The van der Waals surface area contributed by atoms with E-state index in [9.17, 15) is 13.6 Å². The van der Waals surface area contributed by atoms with Crippen LogP contribution in [0.5, 0.6) is 17.2 Å². The molecule has 2 fully saturated rings. The average Bonchev–Trinajstić information content (AvgIpc) is 3.59. The zero-order valence-corrected chi connectivity index (χ0v) is 26.8. The third-order valence-electron chi connectivity index (χ3n) is 8.28. The Morgan fingerprint density at radius 2 is 1.83 bits per heavy atom. The predicted octanol–water partition coefficient (Wildman–Crippen LogP) is 6.45. The molecule has 2 N–H and O–H groups in total. The molecule has 2 aliphatic rings. The minimum absolute atomic E-state index is 0.231. The zero-order chi connectivity index (χ0) is 33.6. The van der Waals surface area contributed by atoms with Crippen LogP contribution in [0.3, 0.4) is 0 Å². The molecule has 6 rings (SSSR count). The highest BCUT2D eigenvalue weighted by atomic mass is 19.1. The molecule has 2 saturated heterocycles. The molecule has 13 heteroatoms. The van der Waals surface area contributed by atoms with Crippen LogP contribution in [0.15, 0.2) is 79.6 Å². The van der Waals surface area contributed by atoms with E-state index in [0.29, 0.717) is 47.4 Å². The summed E-state index contributed by atoms with van der Waals surface area (Å²) in [6.45, 7) is 10.5. The van der Waals surface area contributed by atoms with Gasteiger partial charge in [-0.3, -0.25) is 9.63 Å². The first-order chi connectivity index (χ1) is 23.3. The molecule has 3 aromatic carbocycles. The van der Waals surface area contributed by atoms with Crippen molar-refractivity contribution in [2.75, 3.05) is 67.0 Å². The lowest BCUT2D eigenvalue weighted by Gasteiger charge is -2.36. The van der Waals surface area contributed by atoms with Crippen molar-refractivity contribution in [1.82, 2.24) is 14.9 Å². The summed E-state index contributed by atoms with van der Waals surface area (Å²) < 4.78 is 40.0. The van der Waals surface area contributed by atoms with Crippen LogP contribution in [0.25, 0.3) is 0 Å². The van der Waals surface area contributed by atoms with Gasteiger partial charge < -0.3 is 29.9 Å². The number of rotatable bonds is 11. The number of nitrogens with zero attached hydrogens (tertiary/aromatic N) is 5. The van der Waals surface area contributed by atoms with Crippen molar-refractivity contribution in [1.29, 1.82) is 0 Å². The van der Waals surface area contributed by atoms with E-state index in [1.54, 1.807) is 30.4 Å². The van der Waals surface area contributed by atoms with Crippen molar-refractivity contribution in [3.63, 3.8) is 0 Å². The van der Waals surface area contributed by atoms with Crippen LogP contribution < -0.4 is 30.1 Å². The van der Waals surface area contributed by atoms with E-state index in [4.69, 9.17) is 14.3 Å². The Hall–Kier alpha value is -5.27. The van der Waals surface area contributed by atoms with Crippen LogP contribution >= 0.6 is 0 Å². The average molecular weight is 658 g/mol. The van der Waals surface area contributed by atoms with Crippen molar-refractivity contribution in [2.45, 2.75) is 19.4 Å². The number of hydrogen-bond acceptors (Lipinski definition) is 10. The first-order valence-electron chi connectivity index (χ1n) is 15.7. The Bertz CT molecular complexity index is 1780. The highest BCUT2D eigenvalue weighted by Crippen LogP contribution is 2.40. The lowest BCUT2D eigenvalue weighted by molar-refractivity contribution is -0.111. The lowest BCUT2D eigenvalue weighted by Crippen LogP contribution is -2.46. The molecule has 48 heavy (non-hydrogen) atoms. The molecule has 1 unspecified atom stereocenters. The minimum atomic E-state index is -0.502. The summed E-state index contributed by atoms with van der Waals surface area (Å²) in [5, 5.41) is 7.85. The molecule has 11 nitrogen and oxygen atoms in total. The van der Waals surface area contributed by atoms with Gasteiger partial charge in [0.25, 0.3) is 0 Å². The van der Waals surface area contributed by atoms with Gasteiger partial charge in [0.15, 0.2) is 5.82 Å². The number of anilines is 5. The summed E-state index contributed by atoms with van der Waals surface area (Å²) in [6, 6.07) is 15.1. The fourth-order valence-corrected chi connectivity index (χ4v) is 5.86. The van der Waals surface area contributed by atoms with Crippen LogP contribution in [0, 0.1) is 11.6 Å². The Labute approximate surface area is 277 Å². The van der Waals surface area contributed by atoms with Crippen molar-refractivity contribution in [3.05, 3.63) is 96.8 Å². The largest absolute Gasteiger partial charge is 0.494 e. The number of piperazine rings is 1. The number of hydrogen-bond donors (Lipinski definition) is 2. The third-order valence-corrected chi connectivity index (χ3v) is 8.28. The molecule has 0 aliphatic carbocycles. The van der Waals surface area contributed by atoms with E-state index in [1.807, 2.05) is 12.1 Å². The molecule has 4 aromatic rings. The van der Waals surface area contributed by atoms with E-state index in [2.05, 4.69) is 43.9 Å². The summed E-state index contributed by atoms with van der Waals surface area (Å²) in [7, 11) is 1.58. The Kier molecular flexibility index (Phi) is 9.97. The van der Waals surface area contributed by atoms with Gasteiger partial charge in [0.05, 0.1) is 36.8 Å². The van der Waals surface area contributed by atoms with Gasteiger partial charge in [0, 0.05) is 56.9 Å².